The van der Waals surface area contributed by atoms with Crippen LogP contribution in [0.3, 0.4) is 0 Å². The van der Waals surface area contributed by atoms with Crippen molar-refractivity contribution in [3.05, 3.63) is 23.8 Å². The van der Waals surface area contributed by atoms with Crippen LogP contribution in [0.1, 0.15) is 66.7 Å². The van der Waals surface area contributed by atoms with Crippen LogP contribution in [-0.4, -0.2) is 49.9 Å². The minimum atomic E-state index is -0.503. The van der Waals surface area contributed by atoms with E-state index in [1.165, 1.54) is 19.4 Å². The third kappa shape index (κ3) is 5.03. The number of esters is 3. The molecule has 2 aliphatic carbocycles. The van der Waals surface area contributed by atoms with Gasteiger partial charge in [0.1, 0.15) is 25.4 Å². The van der Waals surface area contributed by atoms with Crippen LogP contribution >= 0.6 is 0 Å². The molecule has 6 atom stereocenters. The first-order valence-electron chi connectivity index (χ1n) is 12.0. The van der Waals surface area contributed by atoms with Gasteiger partial charge in [-0.15, -0.1) is 0 Å². The molecule has 1 heterocycles. The zero-order valence-corrected chi connectivity index (χ0v) is 20.6. The molecule has 3 fully saturated rings. The summed E-state index contributed by atoms with van der Waals surface area (Å²) in [6.07, 6.45) is 5.29. The van der Waals surface area contributed by atoms with E-state index in [2.05, 4.69) is 20.4 Å². The fourth-order valence-corrected chi connectivity index (χ4v) is 6.51. The quantitative estimate of drug-likeness (QED) is 0.243. The molecule has 0 aromatic rings. The SMILES string of the molecule is C=C1CCC2[C@](C)(COC(C)=O)[C@H](OC(C)=O)CC[C@@]2(C)[C@@H]1C/C=C1\C(=O)OCC1OCC. The molecule has 1 aliphatic heterocycles. The second-order valence-corrected chi connectivity index (χ2v) is 10.2. The molecule has 1 saturated heterocycles. The van der Waals surface area contributed by atoms with Gasteiger partial charge >= 0.3 is 17.9 Å². The van der Waals surface area contributed by atoms with E-state index < -0.39 is 5.41 Å². The highest BCUT2D eigenvalue weighted by Crippen LogP contribution is 2.62. The summed E-state index contributed by atoms with van der Waals surface area (Å²) in [5.41, 5.74) is 1.12. The molecule has 0 bridgehead atoms. The van der Waals surface area contributed by atoms with Crippen LogP contribution in [-0.2, 0) is 33.3 Å². The monoisotopic (exact) mass is 462 g/mol. The van der Waals surface area contributed by atoms with Gasteiger partial charge in [-0.1, -0.05) is 32.1 Å². The largest absolute Gasteiger partial charge is 0.465 e. The molecule has 0 amide bonds. The maximum Gasteiger partial charge on any atom is 0.336 e. The normalized spacial score (nSPS) is 37.4. The van der Waals surface area contributed by atoms with Crippen molar-refractivity contribution < 1.29 is 33.3 Å². The van der Waals surface area contributed by atoms with Crippen LogP contribution in [0.5, 0.6) is 0 Å². The average Bonchev–Trinajstić information content (AvgIpc) is 3.08. The summed E-state index contributed by atoms with van der Waals surface area (Å²) in [5.74, 6) is -0.659. The third-order valence-electron chi connectivity index (χ3n) is 8.10. The van der Waals surface area contributed by atoms with Gasteiger partial charge in [-0.3, -0.25) is 9.59 Å². The van der Waals surface area contributed by atoms with Gasteiger partial charge in [-0.25, -0.2) is 4.79 Å². The molecule has 2 saturated carbocycles. The summed E-state index contributed by atoms with van der Waals surface area (Å²) in [5, 5.41) is 0. The van der Waals surface area contributed by atoms with Crippen molar-refractivity contribution in [2.45, 2.75) is 78.9 Å². The van der Waals surface area contributed by atoms with Crippen LogP contribution < -0.4 is 0 Å². The minimum absolute atomic E-state index is 0.137. The Kier molecular flexibility index (Phi) is 7.72. The Morgan fingerprint density at radius 3 is 2.58 bits per heavy atom. The number of hydrogen-bond acceptors (Lipinski definition) is 7. The lowest BCUT2D eigenvalue weighted by molar-refractivity contribution is -0.191. The van der Waals surface area contributed by atoms with Gasteiger partial charge in [0.25, 0.3) is 0 Å². The molecule has 0 N–H and O–H groups in total. The summed E-state index contributed by atoms with van der Waals surface area (Å²) in [6, 6.07) is 0. The Balaban J connectivity index is 1.91. The number of allylic oxidation sites excluding steroid dienone is 2. The smallest absolute Gasteiger partial charge is 0.336 e. The summed E-state index contributed by atoms with van der Waals surface area (Å²) < 4.78 is 22.2. The van der Waals surface area contributed by atoms with Crippen LogP contribution in [0.4, 0.5) is 0 Å². The first-order valence-corrected chi connectivity index (χ1v) is 12.0. The zero-order valence-electron chi connectivity index (χ0n) is 20.6. The molecule has 2 unspecified atom stereocenters. The van der Waals surface area contributed by atoms with Gasteiger partial charge in [0.15, 0.2) is 0 Å². The fourth-order valence-electron chi connectivity index (χ4n) is 6.51. The Hall–Kier alpha value is -2.15. The molecule has 0 spiro atoms. The second-order valence-electron chi connectivity index (χ2n) is 10.2. The minimum Gasteiger partial charge on any atom is -0.465 e. The van der Waals surface area contributed by atoms with Gasteiger partial charge in [0.2, 0.25) is 0 Å². The molecular weight excluding hydrogens is 424 g/mol. The molecule has 3 rings (SSSR count). The van der Waals surface area contributed by atoms with Crippen LogP contribution in [0.2, 0.25) is 0 Å². The molecular formula is C26H38O7. The van der Waals surface area contributed by atoms with Gasteiger partial charge < -0.3 is 18.9 Å². The van der Waals surface area contributed by atoms with Crippen molar-refractivity contribution in [2.24, 2.45) is 22.7 Å². The molecule has 0 aromatic heterocycles. The molecule has 0 aromatic carbocycles. The summed E-state index contributed by atoms with van der Waals surface area (Å²) in [6.45, 7) is 14.5. The highest BCUT2D eigenvalue weighted by molar-refractivity contribution is 5.91. The topological polar surface area (TPSA) is 88.1 Å². The van der Waals surface area contributed by atoms with Crippen molar-refractivity contribution in [1.29, 1.82) is 0 Å². The molecule has 0 radical (unpaired) electrons. The predicted molar refractivity (Wildman–Crippen MR) is 122 cm³/mol. The Bertz CT molecular complexity index is 830. The number of rotatable bonds is 7. The van der Waals surface area contributed by atoms with E-state index in [9.17, 15) is 14.4 Å². The average molecular weight is 463 g/mol. The van der Waals surface area contributed by atoms with E-state index in [1.807, 2.05) is 13.0 Å². The molecule has 3 aliphatic rings. The molecule has 184 valence electrons. The Labute approximate surface area is 196 Å². The van der Waals surface area contributed by atoms with E-state index >= 15 is 0 Å². The first kappa shape index (κ1) is 25.5. The summed E-state index contributed by atoms with van der Waals surface area (Å²) >= 11 is 0. The Morgan fingerprint density at radius 2 is 1.94 bits per heavy atom. The molecule has 33 heavy (non-hydrogen) atoms. The van der Waals surface area contributed by atoms with Crippen LogP contribution in [0.25, 0.3) is 0 Å². The number of carbonyl (C=O) groups is 3. The lowest BCUT2D eigenvalue weighted by Gasteiger charge is -2.60. The number of carbonyl (C=O) groups excluding carboxylic acids is 3. The number of ether oxygens (including phenoxy) is 4. The summed E-state index contributed by atoms with van der Waals surface area (Å²) in [7, 11) is 0. The molecule has 7 heteroatoms. The maximum atomic E-state index is 12.3. The van der Waals surface area contributed by atoms with E-state index in [0.717, 1.165) is 19.3 Å². The van der Waals surface area contributed by atoms with Gasteiger partial charge in [0, 0.05) is 25.9 Å². The number of cyclic esters (lactones) is 1. The summed E-state index contributed by atoms with van der Waals surface area (Å²) in [4.78, 5) is 35.8. The standard InChI is InChI=1S/C26H38O7/c1-7-30-21-14-31-24(29)19(21)9-10-20-16(2)8-11-22-25(20,5)13-12-23(33-18(4)28)26(22,6)15-32-17(3)27/h9,20-23H,2,7-8,10-15H2,1,3-6H3/b19-9-/t20-,21?,22?,23-,25+,26+/m1/s1. The number of hydrogen-bond donors (Lipinski definition) is 0. The van der Waals surface area contributed by atoms with Crippen molar-refractivity contribution in [3.8, 4) is 0 Å². The van der Waals surface area contributed by atoms with Crippen molar-refractivity contribution >= 4 is 17.9 Å². The fraction of sp³-hybridized carbons (Fsp3) is 0.731. The lowest BCUT2D eigenvalue weighted by atomic mass is 9.46. The number of fused-ring (bicyclic) bond motifs is 1. The van der Waals surface area contributed by atoms with Crippen molar-refractivity contribution in [3.63, 3.8) is 0 Å². The van der Waals surface area contributed by atoms with E-state index in [4.69, 9.17) is 18.9 Å². The van der Waals surface area contributed by atoms with Gasteiger partial charge in [0.05, 0.1) is 5.57 Å². The van der Waals surface area contributed by atoms with Crippen LogP contribution in [0.15, 0.2) is 23.8 Å². The predicted octanol–water partition coefficient (Wildman–Crippen LogP) is 4.15. The third-order valence-corrected chi connectivity index (χ3v) is 8.10. The zero-order chi connectivity index (χ0) is 24.4. The van der Waals surface area contributed by atoms with E-state index in [-0.39, 0.29) is 60.6 Å². The highest BCUT2D eigenvalue weighted by Gasteiger charge is 2.59. The second kappa shape index (κ2) is 10.00. The van der Waals surface area contributed by atoms with Gasteiger partial charge in [-0.05, 0) is 56.3 Å². The van der Waals surface area contributed by atoms with Crippen molar-refractivity contribution in [1.82, 2.24) is 0 Å². The lowest BCUT2D eigenvalue weighted by Crippen LogP contribution is -2.58. The maximum absolute atomic E-state index is 12.3. The van der Waals surface area contributed by atoms with Gasteiger partial charge in [-0.2, -0.15) is 0 Å². The van der Waals surface area contributed by atoms with Crippen LogP contribution in [0, 0.1) is 22.7 Å². The van der Waals surface area contributed by atoms with E-state index in [1.54, 1.807) is 0 Å². The van der Waals surface area contributed by atoms with E-state index in [0.29, 0.717) is 25.0 Å². The highest BCUT2D eigenvalue weighted by atomic mass is 16.6. The first-order chi connectivity index (χ1) is 15.5. The van der Waals surface area contributed by atoms with Crippen molar-refractivity contribution in [2.75, 3.05) is 19.8 Å². The molecule has 7 nitrogen and oxygen atoms in total. The Morgan fingerprint density at radius 1 is 1.21 bits per heavy atom.